The number of imidazole rings is 1. The molecule has 0 radical (unpaired) electrons. The van der Waals surface area contributed by atoms with Crippen molar-refractivity contribution in [2.24, 2.45) is 5.73 Å². The van der Waals surface area contributed by atoms with Gasteiger partial charge in [0.2, 0.25) is 10.8 Å². The van der Waals surface area contributed by atoms with Gasteiger partial charge in [-0.1, -0.05) is 17.4 Å². The number of anilines is 1. The third kappa shape index (κ3) is 4.72. The van der Waals surface area contributed by atoms with Gasteiger partial charge in [-0.15, -0.1) is 0 Å². The number of ether oxygens (including phenoxy) is 1. The van der Waals surface area contributed by atoms with Gasteiger partial charge in [-0.3, -0.25) is 9.71 Å². The van der Waals surface area contributed by atoms with Crippen molar-refractivity contribution in [2.75, 3.05) is 11.8 Å². The number of methoxy groups -OCH3 is 1. The fourth-order valence-corrected chi connectivity index (χ4v) is 5.50. The molecule has 0 unspecified atom stereocenters. The number of aromatic carboxylic acids is 1. The molecule has 4 N–H and O–H groups in total. The van der Waals surface area contributed by atoms with E-state index in [1.807, 2.05) is 6.07 Å². The van der Waals surface area contributed by atoms with Crippen LogP contribution in [0.3, 0.4) is 0 Å². The molecule has 0 amide bonds. The van der Waals surface area contributed by atoms with Crippen LogP contribution in [0.4, 0.5) is 5.69 Å². The van der Waals surface area contributed by atoms with Crippen LogP contribution >= 0.6 is 11.3 Å². The summed E-state index contributed by atoms with van der Waals surface area (Å²) in [5.74, 6) is -1.20. The van der Waals surface area contributed by atoms with E-state index in [-0.39, 0.29) is 22.0 Å². The van der Waals surface area contributed by atoms with E-state index >= 15 is 0 Å². The van der Waals surface area contributed by atoms with E-state index in [9.17, 15) is 18.3 Å². The highest BCUT2D eigenvalue weighted by Gasteiger charge is 2.21. The average molecular weight is 538 g/mol. The SMILES string of the molecule is COc1ncc(-c2nn3c(-c4cncc(CN)c4)cnc3s2)cc1NS(=O)(=O)c1cccc(C(=O)O)c1. The Morgan fingerprint density at radius 3 is 2.73 bits per heavy atom. The number of nitrogens with one attached hydrogen (secondary N) is 1. The number of benzene rings is 1. The summed E-state index contributed by atoms with van der Waals surface area (Å²) in [6.07, 6.45) is 6.59. The normalized spacial score (nSPS) is 11.5. The molecule has 0 aliphatic carbocycles. The molecule has 4 heterocycles. The molecule has 37 heavy (non-hydrogen) atoms. The number of nitrogens with two attached hydrogens (primary N) is 1. The number of aromatic nitrogens is 5. The van der Waals surface area contributed by atoms with E-state index in [1.165, 1.54) is 42.8 Å². The minimum Gasteiger partial charge on any atom is -0.480 e. The van der Waals surface area contributed by atoms with Crippen molar-refractivity contribution < 1.29 is 23.1 Å². The zero-order valence-corrected chi connectivity index (χ0v) is 20.8. The van der Waals surface area contributed by atoms with Crippen LogP contribution in [-0.4, -0.2) is 51.2 Å². The second kappa shape index (κ2) is 9.57. The summed E-state index contributed by atoms with van der Waals surface area (Å²) < 4.78 is 35.4. The van der Waals surface area contributed by atoms with E-state index in [1.54, 1.807) is 29.2 Å². The molecule has 0 bridgehead atoms. The van der Waals surface area contributed by atoms with Crippen LogP contribution in [0.15, 0.2) is 66.1 Å². The highest BCUT2D eigenvalue weighted by molar-refractivity contribution is 7.92. The minimum atomic E-state index is -4.15. The number of nitrogens with zero attached hydrogens (tertiary/aromatic N) is 5. The van der Waals surface area contributed by atoms with E-state index in [2.05, 4.69) is 24.8 Å². The lowest BCUT2D eigenvalue weighted by Gasteiger charge is -2.12. The molecule has 12 nitrogen and oxygen atoms in total. The molecule has 0 spiro atoms. The lowest BCUT2D eigenvalue weighted by molar-refractivity contribution is 0.0696. The maximum Gasteiger partial charge on any atom is 0.335 e. The molecule has 188 valence electrons. The fourth-order valence-electron chi connectivity index (χ4n) is 3.55. The summed E-state index contributed by atoms with van der Waals surface area (Å²) in [5, 5.41) is 14.4. The number of rotatable bonds is 8. The number of carboxylic acid groups (broad SMARTS) is 1. The van der Waals surface area contributed by atoms with Gasteiger partial charge in [0.25, 0.3) is 10.0 Å². The van der Waals surface area contributed by atoms with Gasteiger partial charge in [0.05, 0.1) is 29.5 Å². The van der Waals surface area contributed by atoms with Gasteiger partial charge < -0.3 is 15.6 Å². The van der Waals surface area contributed by atoms with Crippen molar-refractivity contribution in [1.82, 2.24) is 24.6 Å². The molecule has 0 saturated heterocycles. The second-order valence-corrected chi connectivity index (χ2v) is 10.4. The first-order chi connectivity index (χ1) is 17.8. The summed E-state index contributed by atoms with van der Waals surface area (Å²) in [4.78, 5) is 24.5. The van der Waals surface area contributed by atoms with Crippen LogP contribution in [0, 0.1) is 0 Å². The van der Waals surface area contributed by atoms with E-state index in [0.29, 0.717) is 22.1 Å². The zero-order valence-electron chi connectivity index (χ0n) is 19.2. The molecular formula is C23H19N7O5S2. The maximum atomic E-state index is 13.0. The Hall–Kier alpha value is -4.40. The summed E-state index contributed by atoms with van der Waals surface area (Å²) >= 11 is 1.29. The Balaban J connectivity index is 1.52. The lowest BCUT2D eigenvalue weighted by atomic mass is 10.1. The lowest BCUT2D eigenvalue weighted by Crippen LogP contribution is -2.15. The van der Waals surface area contributed by atoms with Crippen molar-refractivity contribution >= 4 is 38.0 Å². The molecule has 5 aromatic rings. The number of fused-ring (bicyclic) bond motifs is 1. The summed E-state index contributed by atoms with van der Waals surface area (Å²) in [6.45, 7) is 0.349. The number of hydrogen-bond donors (Lipinski definition) is 3. The zero-order chi connectivity index (χ0) is 26.2. The van der Waals surface area contributed by atoms with Crippen LogP contribution in [0.1, 0.15) is 15.9 Å². The van der Waals surface area contributed by atoms with E-state index in [0.717, 1.165) is 22.9 Å². The molecule has 4 aromatic heterocycles. The summed E-state index contributed by atoms with van der Waals surface area (Å²) in [6, 6.07) is 8.48. The quantitative estimate of drug-likeness (QED) is 0.267. The molecule has 14 heteroatoms. The smallest absolute Gasteiger partial charge is 0.335 e. The Morgan fingerprint density at radius 1 is 1.14 bits per heavy atom. The number of carbonyl (C=O) groups is 1. The van der Waals surface area contributed by atoms with Crippen molar-refractivity contribution in [3.63, 3.8) is 0 Å². The van der Waals surface area contributed by atoms with Gasteiger partial charge >= 0.3 is 5.97 Å². The van der Waals surface area contributed by atoms with Gasteiger partial charge in [-0.25, -0.2) is 27.7 Å². The molecule has 0 fully saturated rings. The summed E-state index contributed by atoms with van der Waals surface area (Å²) in [5.41, 5.74) is 8.56. The van der Waals surface area contributed by atoms with Crippen molar-refractivity contribution in [3.05, 3.63) is 72.3 Å². The Labute approximate surface area is 214 Å². The van der Waals surface area contributed by atoms with Crippen LogP contribution in [0.5, 0.6) is 5.88 Å². The third-order valence-corrected chi connectivity index (χ3v) is 7.67. The Kier molecular flexibility index (Phi) is 6.29. The van der Waals surface area contributed by atoms with E-state index in [4.69, 9.17) is 10.5 Å². The molecule has 0 saturated carbocycles. The van der Waals surface area contributed by atoms with Crippen LogP contribution in [0.2, 0.25) is 0 Å². The summed E-state index contributed by atoms with van der Waals surface area (Å²) in [7, 11) is -2.79. The fraction of sp³-hybridized carbons (Fsp3) is 0.0870. The van der Waals surface area contributed by atoms with Crippen LogP contribution in [-0.2, 0) is 16.6 Å². The average Bonchev–Trinajstić information content (AvgIpc) is 3.50. The Bertz CT molecular complexity index is 1750. The second-order valence-electron chi connectivity index (χ2n) is 7.75. The van der Waals surface area contributed by atoms with Gasteiger partial charge in [0.15, 0.2) is 0 Å². The minimum absolute atomic E-state index is 0.0356. The van der Waals surface area contributed by atoms with Gasteiger partial charge in [0, 0.05) is 36.3 Å². The van der Waals surface area contributed by atoms with Crippen molar-refractivity contribution in [1.29, 1.82) is 0 Å². The largest absolute Gasteiger partial charge is 0.480 e. The van der Waals surface area contributed by atoms with Crippen LogP contribution < -0.4 is 15.2 Å². The van der Waals surface area contributed by atoms with E-state index < -0.39 is 16.0 Å². The predicted molar refractivity (Wildman–Crippen MR) is 136 cm³/mol. The van der Waals surface area contributed by atoms with Gasteiger partial charge in [-0.05, 0) is 35.9 Å². The van der Waals surface area contributed by atoms with Crippen molar-refractivity contribution in [3.8, 4) is 27.7 Å². The highest BCUT2D eigenvalue weighted by Crippen LogP contribution is 2.33. The van der Waals surface area contributed by atoms with Gasteiger partial charge in [-0.2, -0.15) is 5.10 Å². The predicted octanol–water partition coefficient (Wildman–Crippen LogP) is 2.88. The number of sulfonamides is 1. The first kappa shape index (κ1) is 24.3. The molecule has 0 atom stereocenters. The van der Waals surface area contributed by atoms with Crippen molar-refractivity contribution in [2.45, 2.75) is 11.4 Å². The number of hydrogen-bond acceptors (Lipinski definition) is 10. The Morgan fingerprint density at radius 2 is 1.97 bits per heavy atom. The monoisotopic (exact) mass is 537 g/mol. The first-order valence-corrected chi connectivity index (χ1v) is 13.0. The standard InChI is InChI=1S/C23H19N7O5S2/c1-35-20-18(29-37(33,34)17-4-2-3-14(6-17)22(31)32)7-16(11-26-20)21-28-30-19(12-27-23(30)36-21)15-5-13(8-24)9-25-10-15/h2-7,9-12,29H,8,24H2,1H3,(H,31,32). The molecule has 0 aliphatic rings. The molecule has 5 rings (SSSR count). The number of carboxylic acids is 1. The molecular weight excluding hydrogens is 518 g/mol. The topological polar surface area (TPSA) is 175 Å². The number of pyridine rings is 2. The highest BCUT2D eigenvalue weighted by atomic mass is 32.2. The maximum absolute atomic E-state index is 13.0. The molecule has 1 aromatic carbocycles. The van der Waals surface area contributed by atoms with Gasteiger partial charge in [0.1, 0.15) is 10.7 Å². The molecule has 0 aliphatic heterocycles. The van der Waals surface area contributed by atoms with Crippen LogP contribution in [0.25, 0.3) is 26.8 Å². The first-order valence-electron chi connectivity index (χ1n) is 10.7. The third-order valence-electron chi connectivity index (χ3n) is 5.34.